The van der Waals surface area contributed by atoms with E-state index in [1.807, 2.05) is 0 Å². The molecule has 0 saturated heterocycles. The summed E-state index contributed by atoms with van der Waals surface area (Å²) in [7, 11) is 0. The van der Waals surface area contributed by atoms with E-state index >= 15 is 0 Å². The molecule has 0 aromatic rings. The number of hydrogen-bond acceptors (Lipinski definition) is 0. The van der Waals surface area contributed by atoms with Crippen LogP contribution in [0.5, 0.6) is 0 Å². The number of hydrogen-bond donors (Lipinski definition) is 0. The lowest BCUT2D eigenvalue weighted by molar-refractivity contribution is 0.532. The van der Waals surface area contributed by atoms with Gasteiger partial charge >= 0.3 is 0 Å². The minimum atomic E-state index is 1.37. The third kappa shape index (κ3) is 28.0. The summed E-state index contributed by atoms with van der Waals surface area (Å²) < 4.78 is 0. The molecule has 0 aliphatic heterocycles. The largest absolute Gasteiger partial charge is 0.0654 e. The molecule has 0 aromatic carbocycles. The van der Waals surface area contributed by atoms with Crippen LogP contribution in [0.3, 0.4) is 0 Å². The molecule has 0 unspecified atom stereocenters. The Morgan fingerprint density at radius 3 is 0.700 bits per heavy atom. The molecule has 0 aliphatic carbocycles. The molecule has 0 bridgehead atoms. The number of rotatable bonds is 27. The Morgan fingerprint density at radius 2 is 0.467 bits per heavy atom. The summed E-state index contributed by atoms with van der Waals surface area (Å²) in [5, 5.41) is 0. The van der Waals surface area contributed by atoms with Gasteiger partial charge in [0.25, 0.3) is 0 Å². The standard InChI is InChI=1S/C30H61/c1-3-5-7-9-11-13-15-17-19-21-23-25-27-29-30-28-26-24-22-20-18-16-14-12-10-8-6-4-2/h27H,3-26,28-30H2,1-2H3. The summed E-state index contributed by atoms with van der Waals surface area (Å²) in [6.07, 6.45) is 41.9. The molecule has 0 saturated carbocycles. The molecule has 0 atom stereocenters. The maximum Gasteiger partial charge on any atom is -0.0386 e. The van der Waals surface area contributed by atoms with Gasteiger partial charge in [0.15, 0.2) is 0 Å². The van der Waals surface area contributed by atoms with Crippen molar-refractivity contribution in [2.75, 3.05) is 0 Å². The van der Waals surface area contributed by atoms with Crippen molar-refractivity contribution in [1.29, 1.82) is 0 Å². The number of unbranched alkanes of at least 4 members (excludes halogenated alkanes) is 27. The van der Waals surface area contributed by atoms with Gasteiger partial charge in [-0.3, -0.25) is 0 Å². The van der Waals surface area contributed by atoms with Crippen molar-refractivity contribution >= 4 is 0 Å². The quantitative estimate of drug-likeness (QED) is 0.116. The average Bonchev–Trinajstić information content (AvgIpc) is 2.76. The average molecular weight is 422 g/mol. The highest BCUT2D eigenvalue weighted by Gasteiger charge is 1.96. The highest BCUT2D eigenvalue weighted by Crippen LogP contribution is 2.15. The van der Waals surface area contributed by atoms with E-state index in [0.717, 1.165) is 0 Å². The van der Waals surface area contributed by atoms with E-state index in [1.54, 1.807) is 0 Å². The van der Waals surface area contributed by atoms with Gasteiger partial charge in [0.2, 0.25) is 0 Å². The molecule has 0 heterocycles. The van der Waals surface area contributed by atoms with Crippen LogP contribution in [0.15, 0.2) is 0 Å². The molecule has 0 aliphatic rings. The summed E-state index contributed by atoms with van der Waals surface area (Å²) in [6, 6.07) is 0. The van der Waals surface area contributed by atoms with Crippen LogP contribution < -0.4 is 0 Å². The third-order valence-electron chi connectivity index (χ3n) is 6.77. The van der Waals surface area contributed by atoms with Crippen LogP contribution in [0.25, 0.3) is 0 Å². The van der Waals surface area contributed by atoms with Crippen molar-refractivity contribution in [3.05, 3.63) is 6.42 Å². The molecule has 0 amide bonds. The lowest BCUT2D eigenvalue weighted by Gasteiger charge is -2.04. The minimum absolute atomic E-state index is 1.37. The zero-order chi connectivity index (χ0) is 21.8. The third-order valence-corrected chi connectivity index (χ3v) is 6.77. The minimum Gasteiger partial charge on any atom is -0.0654 e. The van der Waals surface area contributed by atoms with Gasteiger partial charge in [-0.15, -0.1) is 0 Å². The van der Waals surface area contributed by atoms with Gasteiger partial charge in [0.1, 0.15) is 0 Å². The second-order valence-corrected chi connectivity index (χ2v) is 10.00. The smallest absolute Gasteiger partial charge is 0.0386 e. The SMILES string of the molecule is CCCCCCCCCCCCC[CH]CCCCCCCCCCCCCCCC. The fourth-order valence-electron chi connectivity index (χ4n) is 4.58. The van der Waals surface area contributed by atoms with Crippen molar-refractivity contribution < 1.29 is 0 Å². The van der Waals surface area contributed by atoms with Crippen molar-refractivity contribution in [3.8, 4) is 0 Å². The van der Waals surface area contributed by atoms with Crippen molar-refractivity contribution in [3.63, 3.8) is 0 Å². The van der Waals surface area contributed by atoms with E-state index in [-0.39, 0.29) is 0 Å². The lowest BCUT2D eigenvalue weighted by Crippen LogP contribution is -1.85. The van der Waals surface area contributed by atoms with Crippen LogP contribution in [0.4, 0.5) is 0 Å². The van der Waals surface area contributed by atoms with Gasteiger partial charge in [-0.25, -0.2) is 0 Å². The molecule has 0 heteroatoms. The molecule has 0 N–H and O–H groups in total. The van der Waals surface area contributed by atoms with Crippen LogP contribution in [-0.4, -0.2) is 0 Å². The monoisotopic (exact) mass is 421 g/mol. The summed E-state index contributed by atoms with van der Waals surface area (Å²) in [4.78, 5) is 0. The molecular formula is C30H61. The lowest BCUT2D eigenvalue weighted by atomic mass is 10.0. The first-order valence-electron chi connectivity index (χ1n) is 14.7. The predicted octanol–water partition coefficient (Wildman–Crippen LogP) is 11.8. The fourth-order valence-corrected chi connectivity index (χ4v) is 4.58. The van der Waals surface area contributed by atoms with Crippen molar-refractivity contribution in [2.24, 2.45) is 0 Å². The van der Waals surface area contributed by atoms with Crippen molar-refractivity contribution in [2.45, 2.75) is 187 Å². The molecule has 0 nitrogen and oxygen atoms in total. The molecule has 0 fully saturated rings. The predicted molar refractivity (Wildman–Crippen MR) is 140 cm³/mol. The van der Waals surface area contributed by atoms with E-state index in [2.05, 4.69) is 20.3 Å². The Labute approximate surface area is 193 Å². The highest BCUT2D eigenvalue weighted by atomic mass is 14.0. The first-order chi connectivity index (χ1) is 14.9. The van der Waals surface area contributed by atoms with Gasteiger partial charge in [0, 0.05) is 0 Å². The Bertz CT molecular complexity index is 241. The van der Waals surface area contributed by atoms with Crippen LogP contribution >= 0.6 is 0 Å². The highest BCUT2D eigenvalue weighted by molar-refractivity contribution is 4.64. The molecule has 1 radical (unpaired) electrons. The molecule has 0 rings (SSSR count). The summed E-state index contributed by atoms with van der Waals surface area (Å²) in [6.45, 7) is 4.61. The Hall–Kier alpha value is 0. The summed E-state index contributed by atoms with van der Waals surface area (Å²) in [5.41, 5.74) is 0. The Kier molecular flexibility index (Phi) is 29.0. The zero-order valence-electron chi connectivity index (χ0n) is 21.7. The van der Waals surface area contributed by atoms with Crippen LogP contribution in [0.2, 0.25) is 0 Å². The Balaban J connectivity index is 2.97. The molecule has 0 spiro atoms. The maximum absolute atomic E-state index is 2.58. The fraction of sp³-hybridized carbons (Fsp3) is 0.967. The molecule has 0 aromatic heterocycles. The summed E-state index contributed by atoms with van der Waals surface area (Å²) >= 11 is 0. The van der Waals surface area contributed by atoms with Crippen LogP contribution in [0, 0.1) is 6.42 Å². The Morgan fingerprint density at radius 1 is 0.267 bits per heavy atom. The second kappa shape index (κ2) is 29.0. The molecular weight excluding hydrogens is 360 g/mol. The van der Waals surface area contributed by atoms with Gasteiger partial charge in [0.05, 0.1) is 0 Å². The van der Waals surface area contributed by atoms with E-state index in [4.69, 9.17) is 0 Å². The normalized spacial score (nSPS) is 11.4. The van der Waals surface area contributed by atoms with Gasteiger partial charge in [-0.2, -0.15) is 0 Å². The molecule has 30 heavy (non-hydrogen) atoms. The van der Waals surface area contributed by atoms with Gasteiger partial charge in [-0.05, 0) is 6.42 Å². The van der Waals surface area contributed by atoms with Crippen LogP contribution in [-0.2, 0) is 0 Å². The van der Waals surface area contributed by atoms with Gasteiger partial charge < -0.3 is 0 Å². The maximum atomic E-state index is 2.58. The van der Waals surface area contributed by atoms with Crippen LogP contribution in [0.1, 0.15) is 187 Å². The zero-order valence-corrected chi connectivity index (χ0v) is 21.7. The topological polar surface area (TPSA) is 0 Å². The first kappa shape index (κ1) is 30.0. The van der Waals surface area contributed by atoms with Gasteiger partial charge in [-0.1, -0.05) is 187 Å². The second-order valence-electron chi connectivity index (χ2n) is 10.00. The first-order valence-corrected chi connectivity index (χ1v) is 14.7. The van der Waals surface area contributed by atoms with Crippen molar-refractivity contribution in [1.82, 2.24) is 0 Å². The van der Waals surface area contributed by atoms with E-state index in [9.17, 15) is 0 Å². The van der Waals surface area contributed by atoms with E-state index in [1.165, 1.54) is 173 Å². The van der Waals surface area contributed by atoms with E-state index in [0.29, 0.717) is 0 Å². The van der Waals surface area contributed by atoms with E-state index < -0.39 is 0 Å². The summed E-state index contributed by atoms with van der Waals surface area (Å²) in [5.74, 6) is 0. The molecule has 181 valence electrons.